The molecule has 0 saturated heterocycles. The number of hydrogen-bond acceptors (Lipinski definition) is 4. The van der Waals surface area contributed by atoms with Gasteiger partial charge in [-0.25, -0.2) is 4.68 Å². The van der Waals surface area contributed by atoms with Gasteiger partial charge in [0.05, 0.1) is 10.7 Å². The number of benzene rings is 2. The molecular formula is C21H16ClN5O2S. The van der Waals surface area contributed by atoms with Crippen LogP contribution in [-0.2, 0) is 0 Å². The van der Waals surface area contributed by atoms with E-state index in [0.717, 1.165) is 5.69 Å². The van der Waals surface area contributed by atoms with Gasteiger partial charge in [0.1, 0.15) is 0 Å². The SMILES string of the molecule is Cc1cc(=O)c(C(=O)Nc2cccc(-n3cc[nH]c3=S)c2)nn1-c1ccccc1Cl. The Morgan fingerprint density at radius 3 is 2.70 bits per heavy atom. The predicted molar refractivity (Wildman–Crippen MR) is 118 cm³/mol. The Labute approximate surface area is 181 Å². The Morgan fingerprint density at radius 1 is 1.17 bits per heavy atom. The zero-order chi connectivity index (χ0) is 21.3. The first kappa shape index (κ1) is 19.8. The molecule has 0 saturated carbocycles. The lowest BCUT2D eigenvalue weighted by Gasteiger charge is -2.13. The van der Waals surface area contributed by atoms with Crippen molar-refractivity contribution >= 4 is 35.4 Å². The maximum atomic E-state index is 12.8. The summed E-state index contributed by atoms with van der Waals surface area (Å²) in [4.78, 5) is 28.2. The van der Waals surface area contributed by atoms with E-state index >= 15 is 0 Å². The molecule has 9 heteroatoms. The van der Waals surface area contributed by atoms with Crippen LogP contribution in [0.1, 0.15) is 16.2 Å². The average molecular weight is 438 g/mol. The van der Waals surface area contributed by atoms with Crippen LogP contribution in [-0.4, -0.2) is 25.2 Å². The highest BCUT2D eigenvalue weighted by Gasteiger charge is 2.17. The van der Waals surface area contributed by atoms with Crippen LogP contribution in [0.15, 0.2) is 71.8 Å². The van der Waals surface area contributed by atoms with Crippen LogP contribution >= 0.6 is 23.8 Å². The standard InChI is InChI=1S/C21H16ClN5O2S/c1-13-11-18(28)19(25-27(13)17-8-3-2-7-16(17)22)20(29)24-14-5-4-6-15(12-14)26-10-9-23-21(26)30/h2-12H,1H3,(H,23,30)(H,24,29). The molecule has 30 heavy (non-hydrogen) atoms. The second-order valence-corrected chi connectivity index (χ2v) is 7.30. The van der Waals surface area contributed by atoms with Crippen LogP contribution in [0, 0.1) is 11.7 Å². The summed E-state index contributed by atoms with van der Waals surface area (Å²) in [6.45, 7) is 1.73. The van der Waals surface area contributed by atoms with E-state index in [1.807, 2.05) is 6.07 Å². The van der Waals surface area contributed by atoms with Gasteiger partial charge < -0.3 is 10.3 Å². The summed E-state index contributed by atoms with van der Waals surface area (Å²) in [5.74, 6) is -0.615. The Kier molecular flexibility index (Phi) is 5.35. The number of para-hydroxylation sites is 1. The Hall–Kier alpha value is -3.49. The van der Waals surface area contributed by atoms with Crippen molar-refractivity contribution in [2.75, 3.05) is 5.32 Å². The van der Waals surface area contributed by atoms with E-state index in [0.29, 0.717) is 26.9 Å². The lowest BCUT2D eigenvalue weighted by atomic mass is 10.2. The monoisotopic (exact) mass is 437 g/mol. The minimum absolute atomic E-state index is 0.232. The van der Waals surface area contributed by atoms with Crippen molar-refractivity contribution in [2.45, 2.75) is 6.92 Å². The summed E-state index contributed by atoms with van der Waals surface area (Å²) in [5.41, 5.74) is 1.71. The topological polar surface area (TPSA) is 84.7 Å². The molecule has 0 aliphatic carbocycles. The van der Waals surface area contributed by atoms with Crippen molar-refractivity contribution in [1.29, 1.82) is 0 Å². The second-order valence-electron chi connectivity index (χ2n) is 6.50. The Morgan fingerprint density at radius 2 is 1.97 bits per heavy atom. The van der Waals surface area contributed by atoms with Crippen molar-refractivity contribution in [3.63, 3.8) is 0 Å². The molecule has 0 radical (unpaired) electrons. The summed E-state index contributed by atoms with van der Waals surface area (Å²) in [5, 5.41) is 7.45. The number of amides is 1. The van der Waals surface area contributed by atoms with E-state index in [2.05, 4.69) is 15.4 Å². The van der Waals surface area contributed by atoms with Gasteiger partial charge in [-0.1, -0.05) is 29.8 Å². The van der Waals surface area contributed by atoms with Crippen LogP contribution in [0.3, 0.4) is 0 Å². The smallest absolute Gasteiger partial charge is 0.280 e. The molecule has 1 amide bonds. The van der Waals surface area contributed by atoms with Crippen molar-refractivity contribution in [3.05, 3.63) is 98.4 Å². The number of imidazole rings is 1. The number of carbonyl (C=O) groups is 1. The van der Waals surface area contributed by atoms with Crippen LogP contribution in [0.4, 0.5) is 5.69 Å². The lowest BCUT2D eigenvalue weighted by molar-refractivity contribution is 0.101. The number of rotatable bonds is 4. The van der Waals surface area contributed by atoms with Crippen molar-refractivity contribution in [1.82, 2.24) is 19.3 Å². The molecule has 0 spiro atoms. The third-order valence-electron chi connectivity index (χ3n) is 4.43. The largest absolute Gasteiger partial charge is 0.337 e. The second kappa shape index (κ2) is 8.10. The number of aromatic nitrogens is 4. The van der Waals surface area contributed by atoms with E-state index in [1.54, 1.807) is 66.3 Å². The van der Waals surface area contributed by atoms with Crippen LogP contribution in [0.2, 0.25) is 5.02 Å². The first-order chi connectivity index (χ1) is 14.4. The first-order valence-electron chi connectivity index (χ1n) is 8.98. The summed E-state index contributed by atoms with van der Waals surface area (Å²) in [6, 6.07) is 15.5. The maximum Gasteiger partial charge on any atom is 0.280 e. The number of halogens is 1. The third kappa shape index (κ3) is 3.83. The third-order valence-corrected chi connectivity index (χ3v) is 5.07. The fourth-order valence-electron chi connectivity index (χ4n) is 3.02. The van der Waals surface area contributed by atoms with Gasteiger partial charge in [-0.2, -0.15) is 5.10 Å². The van der Waals surface area contributed by atoms with Gasteiger partial charge in [-0.3, -0.25) is 14.2 Å². The van der Waals surface area contributed by atoms with Crippen LogP contribution in [0.25, 0.3) is 11.4 Å². The van der Waals surface area contributed by atoms with Crippen LogP contribution in [0.5, 0.6) is 0 Å². The Balaban J connectivity index is 1.69. The number of hydrogen-bond donors (Lipinski definition) is 2. The molecule has 4 aromatic rings. The highest BCUT2D eigenvalue weighted by atomic mass is 35.5. The average Bonchev–Trinajstić information content (AvgIpc) is 3.15. The molecule has 4 rings (SSSR count). The summed E-state index contributed by atoms with van der Waals surface area (Å²) < 4.78 is 3.77. The van der Waals surface area contributed by atoms with Gasteiger partial charge in [-0.05, 0) is 49.5 Å². The zero-order valence-electron chi connectivity index (χ0n) is 15.8. The van der Waals surface area contributed by atoms with Crippen LogP contribution < -0.4 is 10.7 Å². The molecule has 0 bridgehead atoms. The molecule has 7 nitrogen and oxygen atoms in total. The van der Waals surface area contributed by atoms with Crippen molar-refractivity contribution in [3.8, 4) is 11.4 Å². The molecule has 0 atom stereocenters. The number of aryl methyl sites for hydroxylation is 1. The molecule has 150 valence electrons. The first-order valence-corrected chi connectivity index (χ1v) is 9.76. The number of nitrogens with zero attached hydrogens (tertiary/aromatic N) is 3. The fraction of sp³-hybridized carbons (Fsp3) is 0.0476. The molecule has 2 aromatic heterocycles. The highest BCUT2D eigenvalue weighted by Crippen LogP contribution is 2.20. The molecule has 2 aromatic carbocycles. The predicted octanol–water partition coefficient (Wildman–Crippen LogP) is 4.29. The van der Waals surface area contributed by atoms with Crippen molar-refractivity contribution < 1.29 is 4.79 Å². The zero-order valence-corrected chi connectivity index (χ0v) is 17.4. The quantitative estimate of drug-likeness (QED) is 0.466. The molecule has 0 aliphatic rings. The Bertz CT molecular complexity index is 1370. The van der Waals surface area contributed by atoms with Gasteiger partial charge in [0, 0.05) is 35.5 Å². The maximum absolute atomic E-state index is 12.8. The fourth-order valence-corrected chi connectivity index (χ4v) is 3.47. The normalized spacial score (nSPS) is 10.7. The van der Waals surface area contributed by atoms with E-state index in [9.17, 15) is 9.59 Å². The van der Waals surface area contributed by atoms with Gasteiger partial charge in [0.25, 0.3) is 5.91 Å². The van der Waals surface area contributed by atoms with Crippen molar-refractivity contribution in [2.24, 2.45) is 0 Å². The van der Waals surface area contributed by atoms with E-state index in [-0.39, 0.29) is 5.69 Å². The number of anilines is 1. The minimum Gasteiger partial charge on any atom is -0.337 e. The molecule has 0 fully saturated rings. The van der Waals surface area contributed by atoms with Gasteiger partial charge in [-0.15, -0.1) is 0 Å². The number of H-pyrrole nitrogens is 1. The summed E-state index contributed by atoms with van der Waals surface area (Å²) in [6.07, 6.45) is 3.51. The molecule has 0 unspecified atom stereocenters. The van der Waals surface area contributed by atoms with Gasteiger partial charge in [0.15, 0.2) is 10.5 Å². The molecular weight excluding hydrogens is 422 g/mol. The number of carbonyl (C=O) groups excluding carboxylic acids is 1. The van der Waals surface area contributed by atoms with Gasteiger partial charge in [0.2, 0.25) is 5.43 Å². The molecule has 2 N–H and O–H groups in total. The minimum atomic E-state index is -0.615. The lowest BCUT2D eigenvalue weighted by Crippen LogP contribution is -2.27. The van der Waals surface area contributed by atoms with E-state index in [1.165, 1.54) is 10.7 Å². The number of aromatic amines is 1. The van der Waals surface area contributed by atoms with E-state index < -0.39 is 11.3 Å². The molecule has 2 heterocycles. The molecule has 0 aliphatic heterocycles. The summed E-state index contributed by atoms with van der Waals surface area (Å²) in [7, 11) is 0. The number of nitrogens with one attached hydrogen (secondary N) is 2. The van der Waals surface area contributed by atoms with Gasteiger partial charge >= 0.3 is 0 Å². The summed E-state index contributed by atoms with van der Waals surface area (Å²) >= 11 is 11.5. The van der Waals surface area contributed by atoms with E-state index in [4.69, 9.17) is 23.8 Å². The highest BCUT2D eigenvalue weighted by molar-refractivity contribution is 7.71.